The summed E-state index contributed by atoms with van der Waals surface area (Å²) < 4.78 is 5.90. The summed E-state index contributed by atoms with van der Waals surface area (Å²) in [6.07, 6.45) is 0.158. The minimum absolute atomic E-state index is 0.158. The molecular formula is C15H14BrNO3S. The van der Waals surface area contributed by atoms with Crippen molar-refractivity contribution in [3.63, 3.8) is 0 Å². The molecule has 1 N–H and O–H groups in total. The Hall–Kier alpha value is -1.66. The molecule has 0 atom stereocenters. The number of nitrogens with one attached hydrogen (secondary N) is 1. The maximum Gasteiger partial charge on any atom is 0.310 e. The summed E-state index contributed by atoms with van der Waals surface area (Å²) >= 11 is 4.89. The van der Waals surface area contributed by atoms with Crippen LogP contribution in [0.5, 0.6) is 0 Å². The van der Waals surface area contributed by atoms with Gasteiger partial charge in [-0.05, 0) is 29.1 Å². The van der Waals surface area contributed by atoms with Crippen LogP contribution < -0.4 is 5.32 Å². The van der Waals surface area contributed by atoms with E-state index in [1.54, 1.807) is 11.3 Å². The van der Waals surface area contributed by atoms with Gasteiger partial charge in [0.15, 0.2) is 6.61 Å². The molecule has 0 saturated heterocycles. The van der Waals surface area contributed by atoms with Crippen molar-refractivity contribution < 1.29 is 14.3 Å². The van der Waals surface area contributed by atoms with Gasteiger partial charge in [0.05, 0.1) is 13.0 Å². The average Bonchev–Trinajstić information content (AvgIpc) is 2.99. The van der Waals surface area contributed by atoms with E-state index in [-0.39, 0.29) is 18.9 Å². The fourth-order valence-electron chi connectivity index (χ4n) is 1.62. The van der Waals surface area contributed by atoms with E-state index in [1.165, 1.54) is 0 Å². The Morgan fingerprint density at radius 3 is 2.62 bits per heavy atom. The normalized spacial score (nSPS) is 10.1. The van der Waals surface area contributed by atoms with Crippen molar-refractivity contribution in [2.75, 3.05) is 6.61 Å². The van der Waals surface area contributed by atoms with Crippen LogP contribution in [0.15, 0.2) is 46.3 Å². The van der Waals surface area contributed by atoms with Gasteiger partial charge in [-0.25, -0.2) is 0 Å². The lowest BCUT2D eigenvalue weighted by Crippen LogP contribution is -2.28. The SMILES string of the molecule is O=C(COC(=O)Cc1ccc(Br)cc1)NCc1cccs1. The van der Waals surface area contributed by atoms with Crippen LogP contribution in [0, 0.1) is 0 Å². The van der Waals surface area contributed by atoms with Gasteiger partial charge in [0, 0.05) is 9.35 Å². The number of hydrogen-bond acceptors (Lipinski definition) is 4. The summed E-state index contributed by atoms with van der Waals surface area (Å²) in [7, 11) is 0. The highest BCUT2D eigenvalue weighted by molar-refractivity contribution is 9.10. The molecule has 110 valence electrons. The van der Waals surface area contributed by atoms with Gasteiger partial charge in [-0.3, -0.25) is 9.59 Å². The molecule has 0 bridgehead atoms. The van der Waals surface area contributed by atoms with E-state index in [0.717, 1.165) is 14.9 Å². The van der Waals surface area contributed by atoms with Crippen molar-refractivity contribution in [3.8, 4) is 0 Å². The lowest BCUT2D eigenvalue weighted by Gasteiger charge is -2.06. The molecule has 0 aliphatic heterocycles. The third-order valence-corrected chi connectivity index (χ3v) is 4.07. The number of amides is 1. The molecule has 1 aromatic heterocycles. The fourth-order valence-corrected chi connectivity index (χ4v) is 2.52. The van der Waals surface area contributed by atoms with Crippen molar-refractivity contribution >= 4 is 39.1 Å². The molecule has 4 nitrogen and oxygen atoms in total. The van der Waals surface area contributed by atoms with Crippen molar-refractivity contribution in [2.24, 2.45) is 0 Å². The molecule has 0 saturated carbocycles. The first kappa shape index (κ1) is 15.7. The van der Waals surface area contributed by atoms with Crippen LogP contribution in [0.3, 0.4) is 0 Å². The number of thiophene rings is 1. The van der Waals surface area contributed by atoms with Crippen molar-refractivity contribution in [2.45, 2.75) is 13.0 Å². The van der Waals surface area contributed by atoms with Gasteiger partial charge in [0.1, 0.15) is 0 Å². The first-order valence-corrected chi connectivity index (χ1v) is 8.00. The fraction of sp³-hybridized carbons (Fsp3) is 0.200. The molecule has 1 amide bonds. The van der Waals surface area contributed by atoms with Crippen LogP contribution >= 0.6 is 27.3 Å². The zero-order chi connectivity index (χ0) is 15.1. The van der Waals surface area contributed by atoms with E-state index in [0.29, 0.717) is 6.54 Å². The second-order valence-electron chi connectivity index (χ2n) is 4.32. The molecule has 0 radical (unpaired) electrons. The van der Waals surface area contributed by atoms with Gasteiger partial charge < -0.3 is 10.1 Å². The summed E-state index contributed by atoms with van der Waals surface area (Å²) in [4.78, 5) is 24.2. The van der Waals surface area contributed by atoms with Crippen LogP contribution in [0.1, 0.15) is 10.4 Å². The number of ether oxygens (including phenoxy) is 1. The van der Waals surface area contributed by atoms with E-state index in [4.69, 9.17) is 4.74 Å². The van der Waals surface area contributed by atoms with Crippen LogP contribution in [0.2, 0.25) is 0 Å². The number of halogens is 1. The van der Waals surface area contributed by atoms with Gasteiger partial charge in [-0.2, -0.15) is 0 Å². The largest absolute Gasteiger partial charge is 0.455 e. The Kier molecular flexibility index (Phi) is 5.95. The van der Waals surface area contributed by atoms with E-state index in [9.17, 15) is 9.59 Å². The molecular weight excluding hydrogens is 354 g/mol. The number of esters is 1. The standard InChI is InChI=1S/C15H14BrNO3S/c16-12-5-3-11(4-6-12)8-15(19)20-10-14(18)17-9-13-2-1-7-21-13/h1-7H,8-10H2,(H,17,18). The first-order valence-electron chi connectivity index (χ1n) is 6.32. The zero-order valence-corrected chi connectivity index (χ0v) is 13.6. The van der Waals surface area contributed by atoms with Gasteiger partial charge in [0.2, 0.25) is 0 Å². The number of hydrogen-bond donors (Lipinski definition) is 1. The number of carbonyl (C=O) groups is 2. The second kappa shape index (κ2) is 7.95. The highest BCUT2D eigenvalue weighted by atomic mass is 79.9. The lowest BCUT2D eigenvalue weighted by atomic mass is 10.2. The van der Waals surface area contributed by atoms with E-state index >= 15 is 0 Å². The summed E-state index contributed by atoms with van der Waals surface area (Å²) in [5.41, 5.74) is 0.849. The Bertz CT molecular complexity index is 596. The highest BCUT2D eigenvalue weighted by Gasteiger charge is 2.08. The minimum Gasteiger partial charge on any atom is -0.455 e. The quantitative estimate of drug-likeness (QED) is 0.798. The molecule has 0 fully saturated rings. The lowest BCUT2D eigenvalue weighted by molar-refractivity contribution is -0.147. The van der Waals surface area contributed by atoms with Crippen LogP contribution in [0.4, 0.5) is 0 Å². The van der Waals surface area contributed by atoms with Crippen molar-refractivity contribution in [3.05, 3.63) is 56.7 Å². The predicted molar refractivity (Wildman–Crippen MR) is 85.0 cm³/mol. The molecule has 2 aromatic rings. The Balaban J connectivity index is 1.68. The minimum atomic E-state index is -0.413. The maximum atomic E-state index is 11.6. The highest BCUT2D eigenvalue weighted by Crippen LogP contribution is 2.11. The summed E-state index contributed by atoms with van der Waals surface area (Å²) in [6.45, 7) is 0.210. The topological polar surface area (TPSA) is 55.4 Å². The van der Waals surface area contributed by atoms with E-state index in [1.807, 2.05) is 41.8 Å². The molecule has 0 spiro atoms. The smallest absolute Gasteiger partial charge is 0.310 e. The van der Waals surface area contributed by atoms with Crippen molar-refractivity contribution in [1.82, 2.24) is 5.32 Å². The molecule has 0 unspecified atom stereocenters. The molecule has 2 rings (SSSR count). The third kappa shape index (κ3) is 5.69. The van der Waals surface area contributed by atoms with Crippen molar-refractivity contribution in [1.29, 1.82) is 0 Å². The Morgan fingerprint density at radius 1 is 1.19 bits per heavy atom. The molecule has 0 aliphatic rings. The number of carbonyl (C=O) groups excluding carboxylic acids is 2. The molecule has 6 heteroatoms. The van der Waals surface area contributed by atoms with Crippen LogP contribution in [-0.4, -0.2) is 18.5 Å². The molecule has 1 heterocycles. The number of benzene rings is 1. The Labute approximate surface area is 135 Å². The first-order chi connectivity index (χ1) is 10.1. The zero-order valence-electron chi connectivity index (χ0n) is 11.2. The predicted octanol–water partition coefficient (Wildman–Crippen LogP) is 2.91. The molecule has 1 aromatic carbocycles. The van der Waals surface area contributed by atoms with E-state index < -0.39 is 5.97 Å². The average molecular weight is 368 g/mol. The summed E-state index contributed by atoms with van der Waals surface area (Å²) in [6, 6.07) is 11.2. The maximum absolute atomic E-state index is 11.6. The van der Waals surface area contributed by atoms with Gasteiger partial charge in [-0.1, -0.05) is 34.1 Å². The van der Waals surface area contributed by atoms with Gasteiger partial charge >= 0.3 is 5.97 Å². The van der Waals surface area contributed by atoms with Gasteiger partial charge in [-0.15, -0.1) is 11.3 Å². The molecule has 21 heavy (non-hydrogen) atoms. The Morgan fingerprint density at radius 2 is 1.95 bits per heavy atom. The second-order valence-corrected chi connectivity index (χ2v) is 6.27. The summed E-state index contributed by atoms with van der Waals surface area (Å²) in [5.74, 6) is -0.712. The molecule has 0 aliphatic carbocycles. The monoisotopic (exact) mass is 367 g/mol. The third-order valence-electron chi connectivity index (χ3n) is 2.67. The van der Waals surface area contributed by atoms with Crippen LogP contribution in [0.25, 0.3) is 0 Å². The van der Waals surface area contributed by atoms with Crippen LogP contribution in [-0.2, 0) is 27.3 Å². The summed E-state index contributed by atoms with van der Waals surface area (Å²) in [5, 5.41) is 4.64. The van der Waals surface area contributed by atoms with E-state index in [2.05, 4.69) is 21.2 Å². The number of rotatable bonds is 6. The van der Waals surface area contributed by atoms with Gasteiger partial charge in [0.25, 0.3) is 5.91 Å².